The number of hydrogen-bond acceptors (Lipinski definition) is 6. The SMILES string of the molecule is CCC(C)(C)c1ccc2c(c1)N(Cc1nc(C(=O)N3CCN(CC=Cc4ccccc4)CC3)cs1)C(=O)CO2. The summed E-state index contributed by atoms with van der Waals surface area (Å²) in [5, 5.41) is 2.55. The lowest BCUT2D eigenvalue weighted by Crippen LogP contribution is -2.48. The highest BCUT2D eigenvalue weighted by Crippen LogP contribution is 2.38. The molecule has 1 aromatic heterocycles. The van der Waals surface area contributed by atoms with Crippen LogP contribution in [0.25, 0.3) is 6.08 Å². The number of rotatable bonds is 8. The molecule has 0 bridgehead atoms. The molecule has 2 aromatic carbocycles. The Morgan fingerprint density at radius 2 is 1.87 bits per heavy atom. The quantitative estimate of drug-likeness (QED) is 0.389. The van der Waals surface area contributed by atoms with Crippen LogP contribution in [0.5, 0.6) is 5.75 Å². The van der Waals surface area contributed by atoms with Gasteiger partial charge >= 0.3 is 0 Å². The van der Waals surface area contributed by atoms with Gasteiger partial charge in [-0.1, -0.05) is 69.3 Å². The number of thiazole rings is 1. The van der Waals surface area contributed by atoms with E-state index in [4.69, 9.17) is 4.74 Å². The van der Waals surface area contributed by atoms with Crippen molar-refractivity contribution in [2.24, 2.45) is 0 Å². The molecule has 204 valence electrons. The Morgan fingerprint density at radius 1 is 1.10 bits per heavy atom. The Hall–Kier alpha value is -3.49. The van der Waals surface area contributed by atoms with E-state index in [0.717, 1.165) is 42.3 Å². The van der Waals surface area contributed by atoms with Crippen molar-refractivity contribution in [3.05, 3.63) is 81.8 Å². The monoisotopic (exact) mass is 544 g/mol. The van der Waals surface area contributed by atoms with Crippen molar-refractivity contribution in [1.29, 1.82) is 0 Å². The number of anilines is 1. The Labute approximate surface area is 234 Å². The van der Waals surface area contributed by atoms with Crippen molar-refractivity contribution in [2.45, 2.75) is 39.2 Å². The zero-order valence-corrected chi connectivity index (χ0v) is 23.7. The van der Waals surface area contributed by atoms with Gasteiger partial charge in [-0.2, -0.15) is 0 Å². The van der Waals surface area contributed by atoms with E-state index in [0.29, 0.717) is 31.1 Å². The van der Waals surface area contributed by atoms with Crippen molar-refractivity contribution >= 4 is 34.9 Å². The summed E-state index contributed by atoms with van der Waals surface area (Å²) in [7, 11) is 0. The molecule has 0 aliphatic carbocycles. The number of benzene rings is 2. The molecule has 0 unspecified atom stereocenters. The van der Waals surface area contributed by atoms with E-state index in [1.54, 1.807) is 4.90 Å². The number of carbonyl (C=O) groups excluding carboxylic acids is 2. The maximum atomic E-state index is 13.2. The number of nitrogens with zero attached hydrogens (tertiary/aromatic N) is 4. The van der Waals surface area contributed by atoms with Gasteiger partial charge < -0.3 is 9.64 Å². The van der Waals surface area contributed by atoms with Crippen molar-refractivity contribution < 1.29 is 14.3 Å². The number of aromatic nitrogens is 1. The van der Waals surface area contributed by atoms with E-state index in [2.05, 4.69) is 67.1 Å². The molecule has 7 nitrogen and oxygen atoms in total. The lowest BCUT2D eigenvalue weighted by Gasteiger charge is -2.33. The van der Waals surface area contributed by atoms with Gasteiger partial charge in [-0.25, -0.2) is 4.98 Å². The molecule has 0 radical (unpaired) electrons. The zero-order chi connectivity index (χ0) is 27.4. The predicted molar refractivity (Wildman–Crippen MR) is 156 cm³/mol. The van der Waals surface area contributed by atoms with Crippen molar-refractivity contribution in [3.8, 4) is 5.75 Å². The minimum Gasteiger partial charge on any atom is -0.482 e. The van der Waals surface area contributed by atoms with Gasteiger partial charge in [0.15, 0.2) is 6.61 Å². The molecular weight excluding hydrogens is 508 g/mol. The molecule has 8 heteroatoms. The van der Waals surface area contributed by atoms with Crippen LogP contribution in [0.1, 0.15) is 53.8 Å². The summed E-state index contributed by atoms with van der Waals surface area (Å²) in [5.41, 5.74) is 3.57. The first-order valence-electron chi connectivity index (χ1n) is 13.6. The van der Waals surface area contributed by atoms with E-state index >= 15 is 0 Å². The van der Waals surface area contributed by atoms with Gasteiger partial charge in [0.1, 0.15) is 16.5 Å². The van der Waals surface area contributed by atoms with Crippen LogP contribution in [0.2, 0.25) is 0 Å². The van der Waals surface area contributed by atoms with Crippen LogP contribution in [0.15, 0.2) is 60.0 Å². The second kappa shape index (κ2) is 11.7. The standard InChI is InChI=1S/C31H36N4O3S/c1-4-31(2,3)24-12-13-27-26(19-24)35(29(36)21-38-27)20-28-32-25(22-39-28)30(37)34-17-15-33(16-18-34)14-8-11-23-9-6-5-7-10-23/h5-13,19,22H,4,14-18,20-21H2,1-3H3. The normalized spacial score (nSPS) is 16.4. The molecule has 0 saturated carbocycles. The minimum absolute atomic E-state index is 0.00545. The molecule has 5 rings (SSSR count). The Bertz CT molecular complexity index is 1340. The number of fused-ring (bicyclic) bond motifs is 1. The van der Waals surface area contributed by atoms with Crippen LogP contribution in [0.4, 0.5) is 5.69 Å². The Balaban J connectivity index is 1.20. The van der Waals surface area contributed by atoms with Gasteiger partial charge in [0.25, 0.3) is 11.8 Å². The second-order valence-electron chi connectivity index (χ2n) is 10.7. The fourth-order valence-electron chi connectivity index (χ4n) is 4.82. The van der Waals surface area contributed by atoms with Crippen molar-refractivity contribution in [1.82, 2.24) is 14.8 Å². The van der Waals surface area contributed by atoms with E-state index in [1.165, 1.54) is 16.9 Å². The maximum absolute atomic E-state index is 13.2. The van der Waals surface area contributed by atoms with Crippen LogP contribution in [0.3, 0.4) is 0 Å². The third-order valence-electron chi connectivity index (χ3n) is 7.76. The number of carbonyl (C=O) groups is 2. The molecule has 0 N–H and O–H groups in total. The molecule has 1 saturated heterocycles. The average molecular weight is 545 g/mol. The predicted octanol–water partition coefficient (Wildman–Crippen LogP) is 5.23. The average Bonchev–Trinajstić information content (AvgIpc) is 3.43. The van der Waals surface area contributed by atoms with Crippen LogP contribution in [-0.2, 0) is 16.8 Å². The van der Waals surface area contributed by atoms with Crippen molar-refractivity contribution in [3.63, 3.8) is 0 Å². The lowest BCUT2D eigenvalue weighted by molar-refractivity contribution is -0.121. The molecule has 1 fully saturated rings. The first-order valence-corrected chi connectivity index (χ1v) is 14.5. The summed E-state index contributed by atoms with van der Waals surface area (Å²) in [6, 6.07) is 16.4. The number of ether oxygens (including phenoxy) is 1. The molecule has 2 amide bonds. The molecule has 0 atom stereocenters. The third-order valence-corrected chi connectivity index (χ3v) is 8.60. The fraction of sp³-hybridized carbons (Fsp3) is 0.387. The molecule has 2 aliphatic rings. The summed E-state index contributed by atoms with van der Waals surface area (Å²) in [6.07, 6.45) is 5.30. The first-order chi connectivity index (χ1) is 18.8. The maximum Gasteiger partial charge on any atom is 0.273 e. The van der Waals surface area contributed by atoms with E-state index in [9.17, 15) is 9.59 Å². The van der Waals surface area contributed by atoms with E-state index in [1.807, 2.05) is 34.5 Å². The van der Waals surface area contributed by atoms with E-state index < -0.39 is 0 Å². The molecule has 2 aliphatic heterocycles. The van der Waals surface area contributed by atoms with Gasteiger partial charge in [0.2, 0.25) is 0 Å². The summed E-state index contributed by atoms with van der Waals surface area (Å²) >= 11 is 1.42. The highest BCUT2D eigenvalue weighted by molar-refractivity contribution is 7.09. The zero-order valence-electron chi connectivity index (χ0n) is 22.9. The number of hydrogen-bond donors (Lipinski definition) is 0. The highest BCUT2D eigenvalue weighted by atomic mass is 32.1. The molecule has 39 heavy (non-hydrogen) atoms. The summed E-state index contributed by atoms with van der Waals surface area (Å²) < 4.78 is 5.71. The van der Waals surface area contributed by atoms with Gasteiger partial charge in [-0.05, 0) is 35.1 Å². The van der Waals surface area contributed by atoms with Gasteiger partial charge in [-0.15, -0.1) is 11.3 Å². The second-order valence-corrected chi connectivity index (χ2v) is 11.7. The van der Waals surface area contributed by atoms with Crippen LogP contribution >= 0.6 is 11.3 Å². The smallest absolute Gasteiger partial charge is 0.273 e. The van der Waals surface area contributed by atoms with Crippen LogP contribution < -0.4 is 9.64 Å². The van der Waals surface area contributed by atoms with Crippen LogP contribution in [-0.4, -0.2) is 65.9 Å². The highest BCUT2D eigenvalue weighted by Gasteiger charge is 2.30. The lowest BCUT2D eigenvalue weighted by atomic mass is 9.82. The molecule has 3 aromatic rings. The summed E-state index contributed by atoms with van der Waals surface area (Å²) in [6.45, 7) is 10.8. The molecule has 3 heterocycles. The molecular formula is C31H36N4O3S. The van der Waals surface area contributed by atoms with E-state index in [-0.39, 0.29) is 23.8 Å². The Kier molecular flexibility index (Phi) is 8.14. The summed E-state index contributed by atoms with van der Waals surface area (Å²) in [4.78, 5) is 36.7. The Morgan fingerprint density at radius 3 is 2.62 bits per heavy atom. The largest absolute Gasteiger partial charge is 0.482 e. The van der Waals surface area contributed by atoms with Crippen LogP contribution in [0, 0.1) is 0 Å². The van der Waals surface area contributed by atoms with Gasteiger partial charge in [-0.3, -0.25) is 19.4 Å². The summed E-state index contributed by atoms with van der Waals surface area (Å²) in [5.74, 6) is 0.557. The van der Waals surface area contributed by atoms with Gasteiger partial charge in [0.05, 0.1) is 12.2 Å². The fourth-order valence-corrected chi connectivity index (χ4v) is 5.57. The molecule has 0 spiro atoms. The van der Waals surface area contributed by atoms with Crippen molar-refractivity contribution in [2.75, 3.05) is 44.2 Å². The topological polar surface area (TPSA) is 66.0 Å². The third kappa shape index (κ3) is 6.23. The van der Waals surface area contributed by atoms with Gasteiger partial charge in [0, 0.05) is 38.1 Å². The minimum atomic E-state index is -0.102. The number of amides is 2. The first kappa shape index (κ1) is 27.1. The number of piperazine rings is 1.